The van der Waals surface area contributed by atoms with Crippen LogP contribution in [0.4, 0.5) is 0 Å². The average molecular weight is 239 g/mol. The first-order chi connectivity index (χ1) is 8.33. The van der Waals surface area contributed by atoms with E-state index in [1.165, 1.54) is 25.9 Å². The van der Waals surface area contributed by atoms with Gasteiger partial charge in [-0.25, -0.2) is 0 Å². The Morgan fingerprint density at radius 2 is 1.59 bits per heavy atom. The van der Waals surface area contributed by atoms with Gasteiger partial charge in [-0.2, -0.15) is 0 Å². The SMILES string of the molecule is CCOC(CN1C[C@H]2CC=CC[C@H]2C1)OCC. The standard InChI is InChI=1S/C14H25NO2/c1-3-16-14(17-4-2)11-15-9-12-7-5-6-8-13(12)10-15/h5-6,12-14H,3-4,7-11H2,1-2H3/t12-,13+. The molecule has 0 N–H and O–H groups in total. The van der Waals surface area contributed by atoms with Crippen molar-refractivity contribution in [3.63, 3.8) is 0 Å². The Morgan fingerprint density at radius 3 is 2.06 bits per heavy atom. The second-order valence-electron chi connectivity index (χ2n) is 5.02. The van der Waals surface area contributed by atoms with Gasteiger partial charge < -0.3 is 9.47 Å². The first-order valence-corrected chi connectivity index (χ1v) is 6.94. The summed E-state index contributed by atoms with van der Waals surface area (Å²) in [5.41, 5.74) is 0. The largest absolute Gasteiger partial charge is 0.352 e. The van der Waals surface area contributed by atoms with Crippen LogP contribution in [0.3, 0.4) is 0 Å². The van der Waals surface area contributed by atoms with Crippen LogP contribution < -0.4 is 0 Å². The van der Waals surface area contributed by atoms with Crippen molar-refractivity contribution in [2.75, 3.05) is 32.8 Å². The third kappa shape index (κ3) is 3.54. The van der Waals surface area contributed by atoms with Crippen LogP contribution in [-0.4, -0.2) is 44.0 Å². The summed E-state index contributed by atoms with van der Waals surface area (Å²) in [7, 11) is 0. The molecule has 0 aromatic rings. The van der Waals surface area contributed by atoms with Crippen LogP contribution in [-0.2, 0) is 9.47 Å². The molecule has 0 spiro atoms. The van der Waals surface area contributed by atoms with E-state index < -0.39 is 0 Å². The molecular formula is C14H25NO2. The Kier molecular flexibility index (Phi) is 5.01. The van der Waals surface area contributed by atoms with Crippen molar-refractivity contribution in [1.82, 2.24) is 4.90 Å². The minimum atomic E-state index is -0.0434. The van der Waals surface area contributed by atoms with Gasteiger partial charge in [0.1, 0.15) is 0 Å². The number of ether oxygens (including phenoxy) is 2. The number of hydrogen-bond acceptors (Lipinski definition) is 3. The molecule has 0 aromatic carbocycles. The molecule has 0 amide bonds. The van der Waals surface area contributed by atoms with Gasteiger partial charge in [0.2, 0.25) is 0 Å². The van der Waals surface area contributed by atoms with Crippen molar-refractivity contribution in [3.05, 3.63) is 12.2 Å². The third-order valence-electron chi connectivity index (χ3n) is 3.81. The Balaban J connectivity index is 1.79. The predicted molar refractivity (Wildman–Crippen MR) is 68.8 cm³/mol. The summed E-state index contributed by atoms with van der Waals surface area (Å²) in [4.78, 5) is 2.51. The highest BCUT2D eigenvalue weighted by atomic mass is 16.7. The lowest BCUT2D eigenvalue weighted by Gasteiger charge is -2.23. The van der Waals surface area contributed by atoms with Crippen LogP contribution in [0.15, 0.2) is 12.2 Å². The molecule has 3 heteroatoms. The van der Waals surface area contributed by atoms with Crippen LogP contribution in [0.25, 0.3) is 0 Å². The van der Waals surface area contributed by atoms with Crippen LogP contribution in [0.5, 0.6) is 0 Å². The maximum Gasteiger partial charge on any atom is 0.170 e. The summed E-state index contributed by atoms with van der Waals surface area (Å²) < 4.78 is 11.2. The quantitative estimate of drug-likeness (QED) is 0.524. The normalized spacial score (nSPS) is 28.9. The van der Waals surface area contributed by atoms with Gasteiger partial charge in [-0.1, -0.05) is 12.2 Å². The molecule has 1 fully saturated rings. The minimum absolute atomic E-state index is 0.0434. The van der Waals surface area contributed by atoms with Gasteiger partial charge in [0, 0.05) is 32.8 Å². The van der Waals surface area contributed by atoms with E-state index in [1.807, 2.05) is 13.8 Å². The Labute approximate surface area is 105 Å². The van der Waals surface area contributed by atoms with Gasteiger partial charge in [-0.05, 0) is 38.5 Å². The molecule has 1 saturated heterocycles. The van der Waals surface area contributed by atoms with Gasteiger partial charge in [-0.15, -0.1) is 0 Å². The number of allylic oxidation sites excluding steroid dienone is 2. The Hall–Kier alpha value is -0.380. The summed E-state index contributed by atoms with van der Waals surface area (Å²) in [6.07, 6.45) is 7.16. The molecule has 0 unspecified atom stereocenters. The molecule has 1 aliphatic heterocycles. The molecule has 2 aliphatic rings. The second kappa shape index (κ2) is 6.53. The molecule has 1 aliphatic carbocycles. The van der Waals surface area contributed by atoms with Crippen molar-refractivity contribution in [3.8, 4) is 0 Å². The Morgan fingerprint density at radius 1 is 1.06 bits per heavy atom. The molecule has 98 valence electrons. The van der Waals surface area contributed by atoms with Gasteiger partial charge in [0.05, 0.1) is 0 Å². The van der Waals surface area contributed by atoms with Gasteiger partial charge in [0.15, 0.2) is 6.29 Å². The lowest BCUT2D eigenvalue weighted by atomic mass is 9.86. The monoisotopic (exact) mass is 239 g/mol. The fourth-order valence-electron chi connectivity index (χ4n) is 3.00. The van der Waals surface area contributed by atoms with Crippen molar-refractivity contribution in [2.45, 2.75) is 33.0 Å². The van der Waals surface area contributed by atoms with Crippen molar-refractivity contribution in [1.29, 1.82) is 0 Å². The maximum absolute atomic E-state index is 5.62. The smallest absolute Gasteiger partial charge is 0.170 e. The Bertz CT molecular complexity index is 233. The molecule has 3 nitrogen and oxygen atoms in total. The summed E-state index contributed by atoms with van der Waals surface area (Å²) in [5, 5.41) is 0. The van der Waals surface area contributed by atoms with E-state index in [-0.39, 0.29) is 6.29 Å². The van der Waals surface area contributed by atoms with E-state index in [4.69, 9.17) is 9.47 Å². The van der Waals surface area contributed by atoms with E-state index in [1.54, 1.807) is 0 Å². The number of nitrogens with zero attached hydrogens (tertiary/aromatic N) is 1. The molecule has 1 heterocycles. The maximum atomic E-state index is 5.62. The zero-order valence-electron chi connectivity index (χ0n) is 11.1. The third-order valence-corrected chi connectivity index (χ3v) is 3.81. The lowest BCUT2D eigenvalue weighted by molar-refractivity contribution is -0.145. The molecule has 2 atom stereocenters. The highest BCUT2D eigenvalue weighted by Crippen LogP contribution is 2.32. The van der Waals surface area contributed by atoms with Crippen molar-refractivity contribution in [2.24, 2.45) is 11.8 Å². The molecule has 0 aromatic heterocycles. The highest BCUT2D eigenvalue weighted by Gasteiger charge is 2.33. The molecule has 2 rings (SSSR count). The van der Waals surface area contributed by atoms with Crippen LogP contribution in [0.2, 0.25) is 0 Å². The fourth-order valence-corrected chi connectivity index (χ4v) is 3.00. The van der Waals surface area contributed by atoms with E-state index >= 15 is 0 Å². The highest BCUT2D eigenvalue weighted by molar-refractivity contribution is 4.99. The molecule has 0 radical (unpaired) electrons. The zero-order valence-corrected chi connectivity index (χ0v) is 11.1. The number of hydrogen-bond donors (Lipinski definition) is 0. The molecular weight excluding hydrogens is 214 g/mol. The summed E-state index contributed by atoms with van der Waals surface area (Å²) in [6.45, 7) is 8.87. The average Bonchev–Trinajstić information content (AvgIpc) is 2.71. The zero-order chi connectivity index (χ0) is 12.1. The van der Waals surface area contributed by atoms with Crippen LogP contribution in [0.1, 0.15) is 26.7 Å². The first-order valence-electron chi connectivity index (χ1n) is 6.94. The van der Waals surface area contributed by atoms with Gasteiger partial charge in [0.25, 0.3) is 0 Å². The number of rotatable bonds is 6. The van der Waals surface area contributed by atoms with Crippen LogP contribution in [0, 0.1) is 11.8 Å². The lowest BCUT2D eigenvalue weighted by Crippen LogP contribution is -2.34. The summed E-state index contributed by atoms with van der Waals surface area (Å²) >= 11 is 0. The van der Waals surface area contributed by atoms with E-state index in [2.05, 4.69) is 17.1 Å². The first kappa shape index (κ1) is 13.1. The van der Waals surface area contributed by atoms with Gasteiger partial charge >= 0.3 is 0 Å². The van der Waals surface area contributed by atoms with E-state index in [0.29, 0.717) is 0 Å². The molecule has 0 bridgehead atoms. The summed E-state index contributed by atoms with van der Waals surface area (Å²) in [6, 6.07) is 0. The molecule has 0 saturated carbocycles. The van der Waals surface area contributed by atoms with Crippen molar-refractivity contribution < 1.29 is 9.47 Å². The van der Waals surface area contributed by atoms with E-state index in [0.717, 1.165) is 31.6 Å². The van der Waals surface area contributed by atoms with Gasteiger partial charge in [-0.3, -0.25) is 4.90 Å². The molecule has 17 heavy (non-hydrogen) atoms. The van der Waals surface area contributed by atoms with Crippen molar-refractivity contribution >= 4 is 0 Å². The number of likely N-dealkylation sites (tertiary alicyclic amines) is 1. The van der Waals surface area contributed by atoms with E-state index in [9.17, 15) is 0 Å². The second-order valence-corrected chi connectivity index (χ2v) is 5.02. The summed E-state index contributed by atoms with van der Waals surface area (Å²) in [5.74, 6) is 1.73. The minimum Gasteiger partial charge on any atom is -0.352 e. The number of fused-ring (bicyclic) bond motifs is 1. The fraction of sp³-hybridized carbons (Fsp3) is 0.857. The van der Waals surface area contributed by atoms with Crippen LogP contribution >= 0.6 is 0 Å². The topological polar surface area (TPSA) is 21.7 Å². The predicted octanol–water partition coefficient (Wildman–Crippen LogP) is 2.28.